The molecule has 4 rings (SSSR count). The average Bonchev–Trinajstić information content (AvgIpc) is 3.18. The SMILES string of the molecule is Cn1c(=O)n(CC(=O)N2CCCCCC2)c(=O)c2cc(S(=O)(=O)NC[C@H]3CCCO3)ccc21. The summed E-state index contributed by atoms with van der Waals surface area (Å²) >= 11 is 0. The number of ether oxygens (including phenoxy) is 1. The number of carbonyl (C=O) groups is 1. The first-order valence-electron chi connectivity index (χ1n) is 11.4. The third kappa shape index (κ3) is 5.04. The molecule has 1 atom stereocenters. The van der Waals surface area contributed by atoms with E-state index in [1.165, 1.54) is 29.8 Å². The van der Waals surface area contributed by atoms with E-state index >= 15 is 0 Å². The van der Waals surface area contributed by atoms with E-state index in [0.717, 1.165) is 43.1 Å². The molecule has 1 aromatic heterocycles. The lowest BCUT2D eigenvalue weighted by Gasteiger charge is -2.21. The fourth-order valence-corrected chi connectivity index (χ4v) is 5.54. The molecule has 2 saturated heterocycles. The number of sulfonamides is 1. The second kappa shape index (κ2) is 9.78. The Hall–Kier alpha value is -2.50. The summed E-state index contributed by atoms with van der Waals surface area (Å²) in [5, 5.41) is 0.0701. The van der Waals surface area contributed by atoms with Crippen molar-refractivity contribution in [2.75, 3.05) is 26.2 Å². The lowest BCUT2D eigenvalue weighted by Crippen LogP contribution is -2.44. The predicted molar refractivity (Wildman–Crippen MR) is 123 cm³/mol. The molecule has 0 bridgehead atoms. The second-order valence-electron chi connectivity index (χ2n) is 8.69. The van der Waals surface area contributed by atoms with Crippen LogP contribution in [0.1, 0.15) is 38.5 Å². The molecule has 0 spiro atoms. The Labute approximate surface area is 192 Å². The van der Waals surface area contributed by atoms with Crippen LogP contribution in [-0.4, -0.2) is 60.7 Å². The van der Waals surface area contributed by atoms with Crippen molar-refractivity contribution < 1.29 is 17.9 Å². The molecule has 2 fully saturated rings. The Morgan fingerprint density at radius 2 is 1.85 bits per heavy atom. The Morgan fingerprint density at radius 3 is 2.52 bits per heavy atom. The van der Waals surface area contributed by atoms with Crippen LogP contribution >= 0.6 is 0 Å². The number of amides is 1. The van der Waals surface area contributed by atoms with Crippen molar-refractivity contribution in [2.24, 2.45) is 7.05 Å². The van der Waals surface area contributed by atoms with E-state index in [-0.39, 0.29) is 35.4 Å². The number of hydrogen-bond acceptors (Lipinski definition) is 6. The van der Waals surface area contributed by atoms with Gasteiger partial charge in [-0.2, -0.15) is 0 Å². The topological polar surface area (TPSA) is 120 Å². The highest BCUT2D eigenvalue weighted by Gasteiger charge is 2.23. The monoisotopic (exact) mass is 478 g/mol. The van der Waals surface area contributed by atoms with Crippen LogP contribution in [-0.2, 0) is 33.1 Å². The number of aryl methyl sites for hydroxylation is 1. The Morgan fingerprint density at radius 1 is 1.12 bits per heavy atom. The summed E-state index contributed by atoms with van der Waals surface area (Å²) in [5.41, 5.74) is -0.975. The van der Waals surface area contributed by atoms with Gasteiger partial charge in [0.2, 0.25) is 15.9 Å². The van der Waals surface area contributed by atoms with Gasteiger partial charge in [-0.05, 0) is 43.9 Å². The zero-order chi connectivity index (χ0) is 23.6. The van der Waals surface area contributed by atoms with Gasteiger partial charge in [-0.15, -0.1) is 0 Å². The van der Waals surface area contributed by atoms with Gasteiger partial charge in [0.1, 0.15) is 6.54 Å². The van der Waals surface area contributed by atoms with Crippen LogP contribution < -0.4 is 16.0 Å². The first-order chi connectivity index (χ1) is 15.8. The molecule has 10 nitrogen and oxygen atoms in total. The van der Waals surface area contributed by atoms with E-state index in [1.54, 1.807) is 4.90 Å². The highest BCUT2D eigenvalue weighted by molar-refractivity contribution is 7.89. The van der Waals surface area contributed by atoms with E-state index in [1.807, 2.05) is 0 Å². The number of likely N-dealkylation sites (tertiary alicyclic amines) is 1. The molecule has 3 heterocycles. The van der Waals surface area contributed by atoms with Gasteiger partial charge < -0.3 is 9.64 Å². The first kappa shape index (κ1) is 23.7. The number of aromatic nitrogens is 2. The highest BCUT2D eigenvalue weighted by atomic mass is 32.2. The minimum absolute atomic E-state index is 0.0701. The molecule has 1 amide bonds. The van der Waals surface area contributed by atoms with Gasteiger partial charge in [0.05, 0.1) is 21.9 Å². The number of hydrogen-bond donors (Lipinski definition) is 1. The zero-order valence-corrected chi connectivity index (χ0v) is 19.6. The van der Waals surface area contributed by atoms with Crippen molar-refractivity contribution >= 4 is 26.8 Å². The molecule has 11 heteroatoms. The van der Waals surface area contributed by atoms with Crippen molar-refractivity contribution in [3.8, 4) is 0 Å². The molecular weight excluding hydrogens is 448 g/mol. The van der Waals surface area contributed by atoms with Gasteiger partial charge in [0, 0.05) is 33.3 Å². The summed E-state index contributed by atoms with van der Waals surface area (Å²) in [4.78, 5) is 40.4. The quantitative estimate of drug-likeness (QED) is 0.648. The van der Waals surface area contributed by atoms with E-state index in [9.17, 15) is 22.8 Å². The minimum Gasteiger partial charge on any atom is -0.377 e. The average molecular weight is 479 g/mol. The summed E-state index contributed by atoms with van der Waals surface area (Å²) in [7, 11) is -2.38. The molecular formula is C22H30N4O6S. The Bertz CT molecular complexity index is 1250. The summed E-state index contributed by atoms with van der Waals surface area (Å²) in [6, 6.07) is 4.08. The number of nitrogens with one attached hydrogen (secondary N) is 1. The molecule has 0 aliphatic carbocycles. The number of benzene rings is 1. The highest BCUT2D eigenvalue weighted by Crippen LogP contribution is 2.17. The summed E-state index contributed by atoms with van der Waals surface area (Å²) in [6.07, 6.45) is 5.43. The van der Waals surface area contributed by atoms with Crippen LogP contribution in [0.3, 0.4) is 0 Å². The van der Waals surface area contributed by atoms with Crippen molar-refractivity contribution in [3.63, 3.8) is 0 Å². The summed E-state index contributed by atoms with van der Waals surface area (Å²) in [5.74, 6) is -0.280. The number of fused-ring (bicyclic) bond motifs is 1. The standard InChI is InChI=1S/C22H30N4O6S/c1-24-19-9-8-17(33(30,31)23-14-16-7-6-12-32-16)13-18(19)21(28)26(22(24)29)15-20(27)25-10-4-2-3-5-11-25/h8-9,13,16,23H,2-7,10-12,14-15H2,1H3/t16-/m1/s1. The van der Waals surface area contributed by atoms with Gasteiger partial charge >= 0.3 is 5.69 Å². The third-order valence-corrected chi connectivity index (χ3v) is 7.83. The molecule has 1 aromatic carbocycles. The first-order valence-corrected chi connectivity index (χ1v) is 12.9. The number of nitrogens with zero attached hydrogens (tertiary/aromatic N) is 3. The van der Waals surface area contributed by atoms with E-state index in [2.05, 4.69) is 4.72 Å². The van der Waals surface area contributed by atoms with Crippen LogP contribution in [0.2, 0.25) is 0 Å². The van der Waals surface area contributed by atoms with E-state index in [0.29, 0.717) is 25.2 Å². The fraction of sp³-hybridized carbons (Fsp3) is 0.591. The van der Waals surface area contributed by atoms with E-state index < -0.39 is 21.3 Å². The van der Waals surface area contributed by atoms with Crippen LogP contribution in [0, 0.1) is 0 Å². The van der Waals surface area contributed by atoms with Gasteiger partial charge in [-0.25, -0.2) is 17.9 Å². The van der Waals surface area contributed by atoms with Crippen molar-refractivity contribution in [1.29, 1.82) is 0 Å². The molecule has 2 aliphatic rings. The zero-order valence-electron chi connectivity index (χ0n) is 18.8. The number of rotatable bonds is 6. The molecule has 2 aromatic rings. The van der Waals surface area contributed by atoms with Crippen molar-refractivity contribution in [2.45, 2.75) is 56.1 Å². The van der Waals surface area contributed by atoms with Crippen molar-refractivity contribution in [1.82, 2.24) is 18.8 Å². The van der Waals surface area contributed by atoms with Crippen LogP contribution in [0.15, 0.2) is 32.7 Å². The molecule has 33 heavy (non-hydrogen) atoms. The largest absolute Gasteiger partial charge is 0.377 e. The molecule has 180 valence electrons. The molecule has 2 aliphatic heterocycles. The predicted octanol–water partition coefficient (Wildman–Crippen LogP) is 0.560. The maximum atomic E-state index is 13.2. The van der Waals surface area contributed by atoms with Crippen molar-refractivity contribution in [3.05, 3.63) is 39.0 Å². The van der Waals surface area contributed by atoms with Crippen LogP contribution in [0.4, 0.5) is 0 Å². The Balaban J connectivity index is 1.65. The van der Waals surface area contributed by atoms with Crippen LogP contribution in [0.25, 0.3) is 10.9 Å². The van der Waals surface area contributed by atoms with Gasteiger partial charge in [0.25, 0.3) is 5.56 Å². The second-order valence-corrected chi connectivity index (χ2v) is 10.5. The molecule has 1 N–H and O–H groups in total. The van der Waals surface area contributed by atoms with Gasteiger partial charge in [-0.3, -0.25) is 18.7 Å². The maximum Gasteiger partial charge on any atom is 0.331 e. The van der Waals surface area contributed by atoms with Gasteiger partial charge in [-0.1, -0.05) is 12.8 Å². The van der Waals surface area contributed by atoms with Gasteiger partial charge in [0.15, 0.2) is 0 Å². The van der Waals surface area contributed by atoms with E-state index in [4.69, 9.17) is 4.74 Å². The maximum absolute atomic E-state index is 13.2. The minimum atomic E-state index is -3.88. The van der Waals surface area contributed by atoms with Crippen LogP contribution in [0.5, 0.6) is 0 Å². The Kier molecular flexibility index (Phi) is 7.01. The number of carbonyl (C=O) groups excluding carboxylic acids is 1. The smallest absolute Gasteiger partial charge is 0.331 e. The lowest BCUT2D eigenvalue weighted by atomic mass is 10.2. The third-order valence-electron chi connectivity index (χ3n) is 6.41. The molecule has 0 saturated carbocycles. The lowest BCUT2D eigenvalue weighted by molar-refractivity contribution is -0.131. The molecule has 0 radical (unpaired) electrons. The summed E-state index contributed by atoms with van der Waals surface area (Å²) in [6.45, 7) is 1.63. The molecule has 0 unspecified atom stereocenters. The normalized spacial score (nSPS) is 19.7. The summed E-state index contributed by atoms with van der Waals surface area (Å²) < 4.78 is 35.7. The fourth-order valence-electron chi connectivity index (χ4n) is 4.45.